The quantitative estimate of drug-likeness (QED) is 0.800. The summed E-state index contributed by atoms with van der Waals surface area (Å²) in [5.41, 5.74) is 0. The average Bonchev–Trinajstić information content (AvgIpc) is 1.92. The van der Waals surface area contributed by atoms with Crippen molar-refractivity contribution in [2.24, 2.45) is 5.14 Å². The monoisotopic (exact) mass is 317 g/mol. The first-order valence-electron chi connectivity index (χ1n) is 2.89. The van der Waals surface area contributed by atoms with Gasteiger partial charge in [-0.25, -0.2) is 13.6 Å². The maximum absolute atomic E-state index is 10.9. The maximum Gasteiger partial charge on any atom is 0.239 e. The van der Waals surface area contributed by atoms with Gasteiger partial charge in [-0.3, -0.25) is 0 Å². The van der Waals surface area contributed by atoms with E-state index in [1.54, 1.807) is 6.07 Å². The van der Waals surface area contributed by atoms with E-state index in [1.165, 1.54) is 12.1 Å². The summed E-state index contributed by atoms with van der Waals surface area (Å²) in [4.78, 5) is -0.0314. The van der Waals surface area contributed by atoms with Crippen LogP contribution in [0.5, 0.6) is 0 Å². The lowest BCUT2D eigenvalue weighted by molar-refractivity contribution is 0.598. The number of benzene rings is 1. The van der Waals surface area contributed by atoms with Gasteiger partial charge in [0, 0.05) is 3.57 Å². The summed E-state index contributed by atoms with van der Waals surface area (Å²) in [5.74, 6) is 0. The van der Waals surface area contributed by atoms with Gasteiger partial charge in [0.1, 0.15) is 4.90 Å². The molecule has 0 saturated carbocycles. The Kier molecular flexibility index (Phi) is 2.97. The van der Waals surface area contributed by atoms with Crippen molar-refractivity contribution in [3.05, 3.63) is 26.8 Å². The van der Waals surface area contributed by atoms with Crippen LogP contribution in [0.15, 0.2) is 23.1 Å². The Morgan fingerprint density at radius 3 is 2.42 bits per heavy atom. The van der Waals surface area contributed by atoms with E-state index >= 15 is 0 Å². The maximum atomic E-state index is 10.9. The third kappa shape index (κ3) is 2.32. The van der Waals surface area contributed by atoms with E-state index < -0.39 is 10.0 Å². The third-order valence-electron chi connectivity index (χ3n) is 1.20. The highest BCUT2D eigenvalue weighted by molar-refractivity contribution is 14.1. The molecular formula is C6H5ClINO2S. The van der Waals surface area contributed by atoms with Crippen molar-refractivity contribution >= 4 is 44.2 Å². The lowest BCUT2D eigenvalue weighted by atomic mass is 10.4. The third-order valence-corrected chi connectivity index (χ3v) is 3.26. The molecule has 0 spiro atoms. The molecule has 1 aromatic carbocycles. The first-order valence-corrected chi connectivity index (χ1v) is 5.89. The topological polar surface area (TPSA) is 60.2 Å². The second kappa shape index (κ2) is 3.49. The van der Waals surface area contributed by atoms with Gasteiger partial charge in [-0.15, -0.1) is 0 Å². The molecule has 3 nitrogen and oxygen atoms in total. The summed E-state index contributed by atoms with van der Waals surface area (Å²) < 4.78 is 22.6. The molecular weight excluding hydrogens is 312 g/mol. The van der Waals surface area contributed by atoms with E-state index in [9.17, 15) is 8.42 Å². The van der Waals surface area contributed by atoms with Crippen LogP contribution in [0.3, 0.4) is 0 Å². The predicted octanol–water partition coefficient (Wildman–Crippen LogP) is 1.59. The van der Waals surface area contributed by atoms with Crippen LogP contribution in [0.4, 0.5) is 0 Å². The molecule has 6 heteroatoms. The van der Waals surface area contributed by atoms with Gasteiger partial charge in [-0.05, 0) is 40.8 Å². The highest BCUT2D eigenvalue weighted by atomic mass is 127. The van der Waals surface area contributed by atoms with Gasteiger partial charge in [-0.2, -0.15) is 0 Å². The molecule has 0 heterocycles. The van der Waals surface area contributed by atoms with Crippen LogP contribution in [-0.4, -0.2) is 8.42 Å². The molecule has 0 amide bonds. The van der Waals surface area contributed by atoms with E-state index in [2.05, 4.69) is 0 Å². The van der Waals surface area contributed by atoms with Crippen LogP contribution in [0.25, 0.3) is 0 Å². The minimum atomic E-state index is -3.69. The zero-order valence-corrected chi connectivity index (χ0v) is 9.52. The van der Waals surface area contributed by atoms with E-state index in [-0.39, 0.29) is 9.92 Å². The molecule has 2 N–H and O–H groups in total. The Balaban J connectivity index is 3.43. The van der Waals surface area contributed by atoms with E-state index in [0.29, 0.717) is 0 Å². The molecule has 0 radical (unpaired) electrons. The van der Waals surface area contributed by atoms with E-state index in [1.807, 2.05) is 22.6 Å². The Bertz CT molecular complexity index is 404. The molecule has 1 aromatic rings. The van der Waals surface area contributed by atoms with Gasteiger partial charge in [-0.1, -0.05) is 11.6 Å². The smallest absolute Gasteiger partial charge is 0.225 e. The molecule has 0 unspecified atom stereocenters. The number of hydrogen-bond acceptors (Lipinski definition) is 2. The summed E-state index contributed by atoms with van der Waals surface area (Å²) in [7, 11) is -3.69. The minimum absolute atomic E-state index is 0.0314. The first-order chi connectivity index (χ1) is 5.41. The van der Waals surface area contributed by atoms with Gasteiger partial charge in [0.15, 0.2) is 0 Å². The first kappa shape index (κ1) is 10.2. The second-order valence-corrected chi connectivity index (χ2v) is 5.30. The Morgan fingerprint density at radius 1 is 1.42 bits per heavy atom. The molecule has 0 fully saturated rings. The molecule has 0 aliphatic rings. The van der Waals surface area contributed by atoms with Crippen LogP contribution in [0.2, 0.25) is 5.02 Å². The average molecular weight is 318 g/mol. The minimum Gasteiger partial charge on any atom is -0.225 e. The highest BCUT2D eigenvalue weighted by Gasteiger charge is 2.12. The van der Waals surface area contributed by atoms with Gasteiger partial charge in [0.25, 0.3) is 0 Å². The highest BCUT2D eigenvalue weighted by Crippen LogP contribution is 2.21. The predicted molar refractivity (Wildman–Crippen MR) is 55.5 cm³/mol. The van der Waals surface area contributed by atoms with Crippen molar-refractivity contribution in [3.63, 3.8) is 0 Å². The van der Waals surface area contributed by atoms with Crippen molar-refractivity contribution in [1.82, 2.24) is 0 Å². The number of rotatable bonds is 1. The van der Waals surface area contributed by atoms with Gasteiger partial charge < -0.3 is 0 Å². The van der Waals surface area contributed by atoms with Crippen molar-refractivity contribution in [3.8, 4) is 0 Å². The number of sulfonamides is 1. The number of nitrogens with two attached hydrogens (primary N) is 1. The van der Waals surface area contributed by atoms with Gasteiger partial charge >= 0.3 is 0 Å². The normalized spacial score (nSPS) is 11.6. The Labute approximate surface area is 89.1 Å². The molecule has 0 aliphatic carbocycles. The standard InChI is InChI=1S/C6H5ClINO2S/c7-5-2-1-4(8)3-6(5)12(9,10)11/h1-3H,(H2,9,10,11). The fourth-order valence-electron chi connectivity index (χ4n) is 0.695. The van der Waals surface area contributed by atoms with Crippen molar-refractivity contribution in [2.75, 3.05) is 0 Å². The molecule has 0 aliphatic heterocycles. The van der Waals surface area contributed by atoms with E-state index in [0.717, 1.165) is 3.57 Å². The fraction of sp³-hybridized carbons (Fsp3) is 0. The van der Waals surface area contributed by atoms with Gasteiger partial charge in [0.2, 0.25) is 10.0 Å². The number of hydrogen-bond donors (Lipinski definition) is 1. The molecule has 0 aromatic heterocycles. The summed E-state index contributed by atoms with van der Waals surface area (Å²) in [6, 6.07) is 4.64. The van der Waals surface area contributed by atoms with Crippen molar-refractivity contribution in [1.29, 1.82) is 0 Å². The van der Waals surface area contributed by atoms with Crippen molar-refractivity contribution < 1.29 is 8.42 Å². The SMILES string of the molecule is NS(=O)(=O)c1cc(I)ccc1Cl. The molecule has 0 atom stereocenters. The Morgan fingerprint density at radius 2 is 2.00 bits per heavy atom. The summed E-state index contributed by atoms with van der Waals surface area (Å²) >= 11 is 7.60. The summed E-state index contributed by atoms with van der Waals surface area (Å²) in [6.07, 6.45) is 0. The Hall–Kier alpha value is 0.150. The molecule has 0 bridgehead atoms. The molecule has 1 rings (SSSR count). The largest absolute Gasteiger partial charge is 0.239 e. The van der Waals surface area contributed by atoms with Crippen molar-refractivity contribution in [2.45, 2.75) is 4.90 Å². The molecule has 66 valence electrons. The number of primary sulfonamides is 1. The summed E-state index contributed by atoms with van der Waals surface area (Å²) in [5, 5.41) is 5.06. The zero-order chi connectivity index (χ0) is 9.35. The number of halogens is 2. The second-order valence-electron chi connectivity index (χ2n) is 2.12. The zero-order valence-electron chi connectivity index (χ0n) is 5.79. The van der Waals surface area contributed by atoms with Crippen LogP contribution < -0.4 is 5.14 Å². The lowest BCUT2D eigenvalue weighted by Crippen LogP contribution is -2.12. The van der Waals surface area contributed by atoms with Gasteiger partial charge in [0.05, 0.1) is 5.02 Å². The van der Waals surface area contributed by atoms with Crippen LogP contribution in [0.1, 0.15) is 0 Å². The van der Waals surface area contributed by atoms with E-state index in [4.69, 9.17) is 16.7 Å². The van der Waals surface area contributed by atoms with Crippen LogP contribution >= 0.6 is 34.2 Å². The molecule has 0 saturated heterocycles. The fourth-order valence-corrected chi connectivity index (χ4v) is 2.47. The lowest BCUT2D eigenvalue weighted by Gasteiger charge is -2.00. The van der Waals surface area contributed by atoms with Crippen LogP contribution in [-0.2, 0) is 10.0 Å². The molecule has 12 heavy (non-hydrogen) atoms. The van der Waals surface area contributed by atoms with Crippen LogP contribution in [0, 0.1) is 3.57 Å². The summed E-state index contributed by atoms with van der Waals surface area (Å²) in [6.45, 7) is 0.